The predicted octanol–water partition coefficient (Wildman–Crippen LogP) is 1.01. The van der Waals surface area contributed by atoms with Gasteiger partial charge in [0.1, 0.15) is 5.82 Å². The molecule has 8 nitrogen and oxygen atoms in total. The SMILES string of the molecule is O=C(O)c1cn(-c2cc(F)cc([N+](=O)[O-])c2)nn1. The lowest BCUT2D eigenvalue weighted by atomic mass is 10.2. The molecule has 0 spiro atoms. The standard InChI is InChI=1S/C9H5FN4O4/c10-5-1-6(3-7(2-5)14(17)18)13-4-8(9(15)16)11-12-13/h1-4H,(H,15,16). The van der Waals surface area contributed by atoms with Crippen LogP contribution in [0, 0.1) is 15.9 Å². The van der Waals surface area contributed by atoms with Crippen molar-refractivity contribution in [2.75, 3.05) is 0 Å². The van der Waals surface area contributed by atoms with E-state index in [9.17, 15) is 19.3 Å². The fourth-order valence-corrected chi connectivity index (χ4v) is 1.28. The summed E-state index contributed by atoms with van der Waals surface area (Å²) in [5.74, 6) is -2.13. The average molecular weight is 252 g/mol. The molecule has 1 N–H and O–H groups in total. The predicted molar refractivity (Wildman–Crippen MR) is 54.9 cm³/mol. The van der Waals surface area contributed by atoms with Crippen molar-refractivity contribution in [2.24, 2.45) is 0 Å². The van der Waals surface area contributed by atoms with Crippen LogP contribution in [0.4, 0.5) is 10.1 Å². The number of benzene rings is 1. The van der Waals surface area contributed by atoms with Gasteiger partial charge in [-0.1, -0.05) is 5.21 Å². The summed E-state index contributed by atoms with van der Waals surface area (Å²) in [6, 6.07) is 2.79. The number of aromatic carboxylic acids is 1. The fraction of sp³-hybridized carbons (Fsp3) is 0. The summed E-state index contributed by atoms with van der Waals surface area (Å²) in [7, 11) is 0. The Bertz CT molecular complexity index is 639. The normalized spacial score (nSPS) is 10.3. The van der Waals surface area contributed by atoms with Crippen LogP contribution in [0.2, 0.25) is 0 Å². The third kappa shape index (κ3) is 2.14. The first-order valence-corrected chi connectivity index (χ1v) is 4.58. The molecule has 2 rings (SSSR count). The van der Waals surface area contributed by atoms with Gasteiger partial charge in [0.15, 0.2) is 5.69 Å². The number of rotatable bonds is 3. The molecule has 0 saturated carbocycles. The van der Waals surface area contributed by atoms with Crippen LogP contribution in [-0.4, -0.2) is 31.0 Å². The number of non-ortho nitro benzene ring substituents is 1. The summed E-state index contributed by atoms with van der Waals surface area (Å²) in [5.41, 5.74) is -0.791. The Morgan fingerprint density at radius 1 is 1.44 bits per heavy atom. The molecule has 2 aromatic rings. The van der Waals surface area contributed by atoms with E-state index in [4.69, 9.17) is 5.11 Å². The molecule has 0 aliphatic heterocycles. The van der Waals surface area contributed by atoms with Crippen LogP contribution >= 0.6 is 0 Å². The second-order valence-corrected chi connectivity index (χ2v) is 3.28. The van der Waals surface area contributed by atoms with Crippen molar-refractivity contribution in [3.63, 3.8) is 0 Å². The summed E-state index contributed by atoms with van der Waals surface area (Å²) >= 11 is 0. The lowest BCUT2D eigenvalue weighted by Crippen LogP contribution is -1.98. The van der Waals surface area contributed by atoms with Crippen LogP contribution in [0.1, 0.15) is 10.5 Å². The Morgan fingerprint density at radius 2 is 2.17 bits per heavy atom. The minimum absolute atomic E-state index is 0.0155. The molecular weight excluding hydrogens is 247 g/mol. The monoisotopic (exact) mass is 252 g/mol. The second-order valence-electron chi connectivity index (χ2n) is 3.28. The van der Waals surface area contributed by atoms with Gasteiger partial charge in [-0.2, -0.15) is 0 Å². The van der Waals surface area contributed by atoms with E-state index >= 15 is 0 Å². The number of carbonyl (C=O) groups is 1. The lowest BCUT2D eigenvalue weighted by Gasteiger charge is -2.00. The van der Waals surface area contributed by atoms with Crippen molar-refractivity contribution in [1.29, 1.82) is 0 Å². The molecule has 0 radical (unpaired) electrons. The minimum atomic E-state index is -1.30. The van der Waals surface area contributed by atoms with Crippen molar-refractivity contribution in [2.45, 2.75) is 0 Å². The number of carboxylic acid groups (broad SMARTS) is 1. The molecule has 1 aromatic heterocycles. The van der Waals surface area contributed by atoms with E-state index in [0.717, 1.165) is 29.1 Å². The Morgan fingerprint density at radius 3 is 2.72 bits per heavy atom. The van der Waals surface area contributed by atoms with E-state index in [1.807, 2.05) is 0 Å². The number of nitro groups is 1. The number of nitro benzene ring substituents is 1. The summed E-state index contributed by atoms with van der Waals surface area (Å²) < 4.78 is 14.1. The third-order valence-electron chi connectivity index (χ3n) is 2.06. The molecule has 92 valence electrons. The molecule has 1 aromatic carbocycles. The zero-order valence-electron chi connectivity index (χ0n) is 8.65. The maximum absolute atomic E-state index is 13.2. The van der Waals surface area contributed by atoms with E-state index in [2.05, 4.69) is 10.3 Å². The highest BCUT2D eigenvalue weighted by molar-refractivity contribution is 5.84. The van der Waals surface area contributed by atoms with Gasteiger partial charge in [0.25, 0.3) is 5.69 Å². The highest BCUT2D eigenvalue weighted by Gasteiger charge is 2.14. The van der Waals surface area contributed by atoms with E-state index < -0.39 is 22.4 Å². The van der Waals surface area contributed by atoms with E-state index in [1.54, 1.807) is 0 Å². The molecule has 0 aliphatic carbocycles. The lowest BCUT2D eigenvalue weighted by molar-refractivity contribution is -0.385. The molecule has 0 atom stereocenters. The summed E-state index contributed by atoms with van der Waals surface area (Å²) in [6.07, 6.45) is 1.03. The average Bonchev–Trinajstić information content (AvgIpc) is 2.77. The highest BCUT2D eigenvalue weighted by atomic mass is 19.1. The summed E-state index contributed by atoms with van der Waals surface area (Å²) in [4.78, 5) is 20.4. The zero-order chi connectivity index (χ0) is 13.3. The van der Waals surface area contributed by atoms with Crippen molar-refractivity contribution in [3.05, 3.63) is 46.0 Å². The molecule has 0 saturated heterocycles. The van der Waals surface area contributed by atoms with Gasteiger partial charge in [-0.25, -0.2) is 13.9 Å². The Balaban J connectivity index is 2.49. The number of carboxylic acids is 1. The minimum Gasteiger partial charge on any atom is -0.476 e. The van der Waals surface area contributed by atoms with Gasteiger partial charge >= 0.3 is 5.97 Å². The first-order valence-electron chi connectivity index (χ1n) is 4.58. The van der Waals surface area contributed by atoms with Crippen LogP contribution < -0.4 is 0 Å². The third-order valence-corrected chi connectivity index (χ3v) is 2.06. The molecule has 0 aliphatic rings. The molecule has 0 unspecified atom stereocenters. The molecule has 1 heterocycles. The quantitative estimate of drug-likeness (QED) is 0.644. The van der Waals surface area contributed by atoms with E-state index in [1.165, 1.54) is 0 Å². The first kappa shape index (κ1) is 11.6. The van der Waals surface area contributed by atoms with Gasteiger partial charge in [-0.15, -0.1) is 5.10 Å². The molecule has 0 amide bonds. The molecular formula is C9H5FN4O4. The van der Waals surface area contributed by atoms with Gasteiger partial charge < -0.3 is 5.11 Å². The summed E-state index contributed by atoms with van der Waals surface area (Å²) in [5, 5.41) is 26.0. The first-order chi connectivity index (χ1) is 8.47. The van der Waals surface area contributed by atoms with Crippen molar-refractivity contribution >= 4 is 11.7 Å². The molecule has 0 bridgehead atoms. The van der Waals surface area contributed by atoms with Crippen LogP contribution in [-0.2, 0) is 0 Å². The van der Waals surface area contributed by atoms with Crippen LogP contribution in [0.25, 0.3) is 5.69 Å². The van der Waals surface area contributed by atoms with Crippen molar-refractivity contribution in [3.8, 4) is 5.69 Å². The van der Waals surface area contributed by atoms with Gasteiger partial charge in [0, 0.05) is 12.1 Å². The molecule has 0 fully saturated rings. The summed E-state index contributed by atoms with van der Waals surface area (Å²) in [6.45, 7) is 0. The van der Waals surface area contributed by atoms with E-state index in [-0.39, 0.29) is 11.4 Å². The Kier molecular flexibility index (Phi) is 2.72. The topological polar surface area (TPSA) is 111 Å². The van der Waals surface area contributed by atoms with Crippen LogP contribution in [0.3, 0.4) is 0 Å². The van der Waals surface area contributed by atoms with Crippen LogP contribution in [0.15, 0.2) is 24.4 Å². The number of aromatic nitrogens is 3. The maximum atomic E-state index is 13.2. The Labute approximate surface area is 98.4 Å². The van der Waals surface area contributed by atoms with Gasteiger partial charge in [0.2, 0.25) is 0 Å². The Hall–Kier alpha value is -2.84. The highest BCUT2D eigenvalue weighted by Crippen LogP contribution is 2.18. The van der Waals surface area contributed by atoms with Gasteiger partial charge in [0.05, 0.1) is 22.9 Å². The van der Waals surface area contributed by atoms with E-state index in [0.29, 0.717) is 0 Å². The number of hydrogen-bond donors (Lipinski definition) is 1. The zero-order valence-corrected chi connectivity index (χ0v) is 8.65. The number of halogens is 1. The second kappa shape index (κ2) is 4.20. The largest absolute Gasteiger partial charge is 0.476 e. The smallest absolute Gasteiger partial charge is 0.358 e. The maximum Gasteiger partial charge on any atom is 0.358 e. The van der Waals surface area contributed by atoms with Crippen LogP contribution in [0.5, 0.6) is 0 Å². The van der Waals surface area contributed by atoms with Crippen molar-refractivity contribution < 1.29 is 19.2 Å². The van der Waals surface area contributed by atoms with Gasteiger partial charge in [-0.05, 0) is 0 Å². The number of hydrogen-bond acceptors (Lipinski definition) is 5. The number of nitrogens with zero attached hydrogens (tertiary/aromatic N) is 4. The molecule has 9 heteroatoms. The fourth-order valence-electron chi connectivity index (χ4n) is 1.28. The molecule has 18 heavy (non-hydrogen) atoms. The van der Waals surface area contributed by atoms with Gasteiger partial charge in [-0.3, -0.25) is 10.1 Å². The van der Waals surface area contributed by atoms with Crippen molar-refractivity contribution in [1.82, 2.24) is 15.0 Å².